The van der Waals surface area contributed by atoms with E-state index in [1.54, 1.807) is 6.92 Å². The summed E-state index contributed by atoms with van der Waals surface area (Å²) in [6.45, 7) is 6.19. The van der Waals surface area contributed by atoms with Gasteiger partial charge < -0.3 is 15.2 Å². The summed E-state index contributed by atoms with van der Waals surface area (Å²) in [5.74, 6) is -0.172. The number of carbonyl (C=O) groups excluding carboxylic acids is 1. The molecule has 0 bridgehead atoms. The van der Waals surface area contributed by atoms with E-state index < -0.39 is 5.91 Å². The molecule has 0 atom stereocenters. The molecule has 0 aliphatic rings. The SMILES string of the molecule is CC.CCOc1cc(C(=O)N=O)c(N)cc1OC. The van der Waals surface area contributed by atoms with Crippen LogP contribution in [-0.4, -0.2) is 19.6 Å². The van der Waals surface area contributed by atoms with Crippen LogP contribution in [0.4, 0.5) is 5.69 Å². The third kappa shape index (κ3) is 3.73. The number of rotatable bonds is 4. The molecule has 100 valence electrons. The normalized spacial score (nSPS) is 8.89. The Labute approximate surface area is 106 Å². The number of nitrogens with two attached hydrogens (primary N) is 1. The highest BCUT2D eigenvalue weighted by Crippen LogP contribution is 2.32. The van der Waals surface area contributed by atoms with Crippen molar-refractivity contribution < 1.29 is 14.3 Å². The average molecular weight is 254 g/mol. The maximum atomic E-state index is 11.1. The maximum absolute atomic E-state index is 11.1. The molecule has 18 heavy (non-hydrogen) atoms. The van der Waals surface area contributed by atoms with Gasteiger partial charge in [0, 0.05) is 16.9 Å². The molecule has 1 aromatic carbocycles. The standard InChI is InChI=1S/C10H12N2O4.C2H6/c1-3-16-9-4-6(10(13)12-14)7(11)5-8(9)15-2;1-2/h4-5H,3,11H2,1-2H3;1-2H3. The zero-order chi connectivity index (χ0) is 14.1. The molecule has 0 radical (unpaired) electrons. The second-order valence-electron chi connectivity index (χ2n) is 2.92. The van der Waals surface area contributed by atoms with Crippen LogP contribution in [0, 0.1) is 4.91 Å². The maximum Gasteiger partial charge on any atom is 0.318 e. The Hall–Kier alpha value is -2.11. The van der Waals surface area contributed by atoms with Crippen molar-refractivity contribution in [3.63, 3.8) is 0 Å². The summed E-state index contributed by atoms with van der Waals surface area (Å²) in [6.07, 6.45) is 0. The quantitative estimate of drug-likeness (QED) is 0.658. The molecule has 0 fully saturated rings. The van der Waals surface area contributed by atoms with Crippen LogP contribution in [0.15, 0.2) is 17.3 Å². The van der Waals surface area contributed by atoms with Crippen LogP contribution in [0.3, 0.4) is 0 Å². The molecule has 0 aromatic heterocycles. The topological polar surface area (TPSA) is 91.0 Å². The van der Waals surface area contributed by atoms with Gasteiger partial charge in [0.1, 0.15) is 0 Å². The first kappa shape index (κ1) is 15.9. The Balaban J connectivity index is 0.00000137. The molecular weight excluding hydrogens is 236 g/mol. The van der Waals surface area contributed by atoms with Crippen LogP contribution < -0.4 is 15.2 Å². The Morgan fingerprint density at radius 2 is 1.94 bits per heavy atom. The first-order chi connectivity index (χ1) is 8.63. The predicted octanol–water partition coefficient (Wildman–Crippen LogP) is 2.61. The molecule has 0 saturated heterocycles. The van der Waals surface area contributed by atoms with Gasteiger partial charge in [-0.3, -0.25) is 4.79 Å². The van der Waals surface area contributed by atoms with Crippen molar-refractivity contribution in [2.45, 2.75) is 20.8 Å². The summed E-state index contributed by atoms with van der Waals surface area (Å²) in [5.41, 5.74) is 5.73. The Kier molecular flexibility index (Phi) is 7.11. The molecule has 6 heteroatoms. The van der Waals surface area contributed by atoms with Crippen LogP contribution in [0.5, 0.6) is 11.5 Å². The third-order valence-electron chi connectivity index (χ3n) is 1.95. The van der Waals surface area contributed by atoms with E-state index in [4.69, 9.17) is 15.2 Å². The van der Waals surface area contributed by atoms with Crippen molar-refractivity contribution in [2.75, 3.05) is 19.5 Å². The summed E-state index contributed by atoms with van der Waals surface area (Å²) < 4.78 is 10.3. The minimum Gasteiger partial charge on any atom is -0.493 e. The monoisotopic (exact) mass is 254 g/mol. The minimum atomic E-state index is -0.930. The molecule has 0 aliphatic heterocycles. The van der Waals surface area contributed by atoms with Crippen LogP contribution in [0.2, 0.25) is 0 Å². The van der Waals surface area contributed by atoms with Crippen molar-refractivity contribution in [2.24, 2.45) is 5.18 Å². The third-order valence-corrected chi connectivity index (χ3v) is 1.95. The number of methoxy groups -OCH3 is 1. The van der Waals surface area contributed by atoms with Gasteiger partial charge in [-0.15, -0.1) is 4.91 Å². The number of benzene rings is 1. The van der Waals surface area contributed by atoms with Gasteiger partial charge in [-0.2, -0.15) is 0 Å². The van der Waals surface area contributed by atoms with Gasteiger partial charge in [0.2, 0.25) is 0 Å². The molecule has 6 nitrogen and oxygen atoms in total. The zero-order valence-electron chi connectivity index (χ0n) is 11.0. The molecule has 0 saturated carbocycles. The lowest BCUT2D eigenvalue weighted by Crippen LogP contribution is -2.04. The van der Waals surface area contributed by atoms with E-state index in [0.29, 0.717) is 18.1 Å². The van der Waals surface area contributed by atoms with Gasteiger partial charge in [0.05, 0.1) is 19.3 Å². The number of carbonyl (C=O) groups is 1. The fourth-order valence-corrected chi connectivity index (χ4v) is 1.24. The number of nitrogen functional groups attached to an aromatic ring is 1. The summed E-state index contributed by atoms with van der Waals surface area (Å²) in [6, 6.07) is 2.77. The highest BCUT2D eigenvalue weighted by Gasteiger charge is 2.15. The molecule has 1 amide bonds. The first-order valence-corrected chi connectivity index (χ1v) is 5.62. The highest BCUT2D eigenvalue weighted by atomic mass is 16.5. The average Bonchev–Trinajstić information content (AvgIpc) is 2.42. The van der Waals surface area contributed by atoms with E-state index in [9.17, 15) is 9.70 Å². The molecule has 1 rings (SSSR count). The van der Waals surface area contributed by atoms with Gasteiger partial charge in [0.15, 0.2) is 11.5 Å². The molecular formula is C12H18N2O4. The van der Waals surface area contributed by atoms with Gasteiger partial charge in [0.25, 0.3) is 0 Å². The minimum absolute atomic E-state index is 0.0132. The first-order valence-electron chi connectivity index (χ1n) is 5.62. The smallest absolute Gasteiger partial charge is 0.318 e. The highest BCUT2D eigenvalue weighted by molar-refractivity contribution is 6.00. The Morgan fingerprint density at radius 1 is 1.33 bits per heavy atom. The number of ether oxygens (including phenoxy) is 2. The number of amides is 1. The van der Waals surface area contributed by atoms with Gasteiger partial charge in [-0.05, 0) is 13.0 Å². The van der Waals surface area contributed by atoms with E-state index in [1.165, 1.54) is 19.2 Å². The van der Waals surface area contributed by atoms with Crippen molar-refractivity contribution in [3.05, 3.63) is 22.6 Å². The van der Waals surface area contributed by atoms with Crippen LogP contribution in [0.25, 0.3) is 0 Å². The van der Waals surface area contributed by atoms with Crippen LogP contribution in [0.1, 0.15) is 31.1 Å². The summed E-state index contributed by atoms with van der Waals surface area (Å²) in [4.78, 5) is 21.3. The van der Waals surface area contributed by atoms with Crippen molar-refractivity contribution in [1.29, 1.82) is 0 Å². The molecule has 0 heterocycles. The lowest BCUT2D eigenvalue weighted by molar-refractivity contribution is 0.100. The molecule has 0 aliphatic carbocycles. The number of hydrogen-bond donors (Lipinski definition) is 1. The lowest BCUT2D eigenvalue weighted by Gasteiger charge is -2.11. The van der Waals surface area contributed by atoms with Crippen molar-refractivity contribution in [1.82, 2.24) is 0 Å². The van der Waals surface area contributed by atoms with Crippen molar-refractivity contribution >= 4 is 11.6 Å². The van der Waals surface area contributed by atoms with Gasteiger partial charge in [-0.25, -0.2) is 0 Å². The summed E-state index contributed by atoms with van der Waals surface area (Å²) in [7, 11) is 1.46. The van der Waals surface area contributed by atoms with Crippen LogP contribution in [-0.2, 0) is 0 Å². The van der Waals surface area contributed by atoms with E-state index in [-0.39, 0.29) is 11.3 Å². The molecule has 0 spiro atoms. The molecule has 2 N–H and O–H groups in total. The van der Waals surface area contributed by atoms with E-state index in [2.05, 4.69) is 5.18 Å². The van der Waals surface area contributed by atoms with E-state index in [1.807, 2.05) is 13.8 Å². The van der Waals surface area contributed by atoms with Gasteiger partial charge >= 0.3 is 5.91 Å². The van der Waals surface area contributed by atoms with Gasteiger partial charge in [-0.1, -0.05) is 13.8 Å². The fraction of sp³-hybridized carbons (Fsp3) is 0.417. The second-order valence-corrected chi connectivity index (χ2v) is 2.92. The summed E-state index contributed by atoms with van der Waals surface area (Å²) >= 11 is 0. The number of hydrogen-bond acceptors (Lipinski definition) is 5. The van der Waals surface area contributed by atoms with E-state index >= 15 is 0 Å². The zero-order valence-corrected chi connectivity index (χ0v) is 11.0. The van der Waals surface area contributed by atoms with Crippen LogP contribution >= 0.6 is 0 Å². The Morgan fingerprint density at radius 3 is 2.39 bits per heavy atom. The lowest BCUT2D eigenvalue weighted by atomic mass is 10.1. The molecule has 0 unspecified atom stereocenters. The number of anilines is 1. The second kappa shape index (κ2) is 8.05. The predicted molar refractivity (Wildman–Crippen MR) is 70.0 cm³/mol. The molecule has 1 aromatic rings. The fourth-order valence-electron chi connectivity index (χ4n) is 1.24. The Bertz CT molecular complexity index is 419. The van der Waals surface area contributed by atoms with Crippen molar-refractivity contribution in [3.8, 4) is 11.5 Å². The largest absolute Gasteiger partial charge is 0.493 e. The summed E-state index contributed by atoms with van der Waals surface area (Å²) in [5, 5.41) is 2.31. The number of nitroso groups, excluding NO2 is 1. The van der Waals surface area contributed by atoms with E-state index in [0.717, 1.165) is 0 Å². The number of nitrogens with zero attached hydrogens (tertiary/aromatic N) is 1.